The second kappa shape index (κ2) is 7.28. The molecule has 0 saturated heterocycles. The predicted octanol–water partition coefficient (Wildman–Crippen LogP) is 3.99. The lowest BCUT2D eigenvalue weighted by Gasteiger charge is -2.37. The molecule has 1 saturated carbocycles. The fraction of sp³-hybridized carbons (Fsp3) is 0.625. The van der Waals surface area contributed by atoms with Crippen LogP contribution >= 0.6 is 11.6 Å². The molecular weight excluding hydrogens is 256 g/mol. The molecule has 1 atom stereocenters. The van der Waals surface area contributed by atoms with E-state index in [1.807, 2.05) is 12.1 Å². The maximum Gasteiger partial charge on any atom is 0.0406 e. The second-order valence-electron chi connectivity index (χ2n) is 5.60. The Kier molecular flexibility index (Phi) is 5.68. The summed E-state index contributed by atoms with van der Waals surface area (Å²) in [5.74, 6) is 0. The largest absolute Gasteiger partial charge is 0.330 e. The zero-order valence-corrected chi connectivity index (χ0v) is 12.6. The van der Waals surface area contributed by atoms with Gasteiger partial charge in [-0.2, -0.15) is 0 Å². The molecule has 1 aliphatic carbocycles. The number of halogens is 1. The van der Waals surface area contributed by atoms with Gasteiger partial charge in [-0.25, -0.2) is 0 Å². The Morgan fingerprint density at radius 3 is 2.42 bits per heavy atom. The van der Waals surface area contributed by atoms with Gasteiger partial charge in [0.25, 0.3) is 0 Å². The van der Waals surface area contributed by atoms with E-state index in [0.29, 0.717) is 12.1 Å². The predicted molar refractivity (Wildman–Crippen MR) is 82.5 cm³/mol. The SMILES string of the molecule is CN(C1CCCCC1)C(CCN)c1ccc(Cl)cc1. The third-order valence-electron chi connectivity index (χ3n) is 4.34. The summed E-state index contributed by atoms with van der Waals surface area (Å²) in [6.07, 6.45) is 7.79. The smallest absolute Gasteiger partial charge is 0.0406 e. The van der Waals surface area contributed by atoms with Gasteiger partial charge in [0, 0.05) is 17.1 Å². The fourth-order valence-corrected chi connectivity index (χ4v) is 3.32. The van der Waals surface area contributed by atoms with Crippen molar-refractivity contribution in [2.45, 2.75) is 50.6 Å². The average molecular weight is 281 g/mol. The molecule has 0 spiro atoms. The minimum absolute atomic E-state index is 0.422. The van der Waals surface area contributed by atoms with Crippen molar-refractivity contribution in [1.82, 2.24) is 4.90 Å². The standard InChI is InChI=1S/C16H25ClN2/c1-19(15-5-3-2-4-6-15)16(11-12-18)13-7-9-14(17)10-8-13/h7-10,15-16H,2-6,11-12,18H2,1H3. The maximum absolute atomic E-state index is 5.98. The molecule has 3 heteroatoms. The van der Waals surface area contributed by atoms with Crippen LogP contribution in [0.5, 0.6) is 0 Å². The van der Waals surface area contributed by atoms with Crippen molar-refractivity contribution in [3.63, 3.8) is 0 Å². The van der Waals surface area contributed by atoms with Gasteiger partial charge in [0.1, 0.15) is 0 Å². The van der Waals surface area contributed by atoms with Gasteiger partial charge in [0.15, 0.2) is 0 Å². The van der Waals surface area contributed by atoms with Gasteiger partial charge < -0.3 is 5.73 Å². The van der Waals surface area contributed by atoms with Crippen molar-refractivity contribution >= 4 is 11.6 Å². The molecular formula is C16H25ClN2. The van der Waals surface area contributed by atoms with Crippen LogP contribution in [0, 0.1) is 0 Å². The summed E-state index contributed by atoms with van der Waals surface area (Å²) < 4.78 is 0. The number of nitrogens with two attached hydrogens (primary N) is 1. The van der Waals surface area contributed by atoms with Crippen LogP contribution in [-0.4, -0.2) is 24.5 Å². The molecule has 2 rings (SSSR count). The van der Waals surface area contributed by atoms with E-state index in [2.05, 4.69) is 24.1 Å². The van der Waals surface area contributed by atoms with Crippen molar-refractivity contribution in [3.8, 4) is 0 Å². The van der Waals surface area contributed by atoms with Crippen LogP contribution < -0.4 is 5.73 Å². The summed E-state index contributed by atoms with van der Waals surface area (Å²) in [7, 11) is 2.25. The summed E-state index contributed by atoms with van der Waals surface area (Å²) in [4.78, 5) is 2.54. The number of rotatable bonds is 5. The molecule has 1 fully saturated rings. The number of benzene rings is 1. The minimum Gasteiger partial charge on any atom is -0.330 e. The minimum atomic E-state index is 0.422. The first-order chi connectivity index (χ1) is 9.22. The van der Waals surface area contributed by atoms with Crippen LogP contribution in [0.3, 0.4) is 0 Å². The van der Waals surface area contributed by atoms with Gasteiger partial charge in [-0.05, 0) is 50.6 Å². The highest BCUT2D eigenvalue weighted by molar-refractivity contribution is 6.30. The van der Waals surface area contributed by atoms with E-state index < -0.39 is 0 Å². The van der Waals surface area contributed by atoms with Crippen LogP contribution in [0.15, 0.2) is 24.3 Å². The third-order valence-corrected chi connectivity index (χ3v) is 4.59. The Morgan fingerprint density at radius 2 is 1.84 bits per heavy atom. The summed E-state index contributed by atoms with van der Waals surface area (Å²) in [5.41, 5.74) is 7.15. The van der Waals surface area contributed by atoms with Gasteiger partial charge in [-0.15, -0.1) is 0 Å². The number of hydrogen-bond donors (Lipinski definition) is 1. The Morgan fingerprint density at radius 1 is 1.21 bits per heavy atom. The van der Waals surface area contributed by atoms with E-state index in [1.165, 1.54) is 37.7 Å². The van der Waals surface area contributed by atoms with E-state index in [9.17, 15) is 0 Å². The molecule has 19 heavy (non-hydrogen) atoms. The molecule has 1 unspecified atom stereocenters. The van der Waals surface area contributed by atoms with Gasteiger partial charge in [-0.1, -0.05) is 43.0 Å². The first-order valence-electron chi connectivity index (χ1n) is 7.40. The molecule has 0 bridgehead atoms. The lowest BCUT2D eigenvalue weighted by molar-refractivity contribution is 0.132. The highest BCUT2D eigenvalue weighted by atomic mass is 35.5. The fourth-order valence-electron chi connectivity index (χ4n) is 3.19. The summed E-state index contributed by atoms with van der Waals surface area (Å²) in [5, 5.41) is 0.801. The monoisotopic (exact) mass is 280 g/mol. The van der Waals surface area contributed by atoms with E-state index >= 15 is 0 Å². The van der Waals surface area contributed by atoms with Crippen molar-refractivity contribution < 1.29 is 0 Å². The summed E-state index contributed by atoms with van der Waals surface area (Å²) >= 11 is 5.98. The normalized spacial score (nSPS) is 18.7. The molecule has 0 aromatic heterocycles. The molecule has 0 heterocycles. The van der Waals surface area contributed by atoms with Crippen LogP contribution in [-0.2, 0) is 0 Å². The molecule has 1 aromatic carbocycles. The van der Waals surface area contributed by atoms with Crippen LogP contribution in [0.2, 0.25) is 5.02 Å². The Labute approximate surface area is 121 Å². The van der Waals surface area contributed by atoms with Gasteiger partial charge in [0.05, 0.1) is 0 Å². The van der Waals surface area contributed by atoms with Crippen molar-refractivity contribution in [3.05, 3.63) is 34.9 Å². The first-order valence-corrected chi connectivity index (χ1v) is 7.77. The zero-order chi connectivity index (χ0) is 13.7. The Balaban J connectivity index is 2.11. The lowest BCUT2D eigenvalue weighted by Crippen LogP contribution is -2.37. The first kappa shape index (κ1) is 14.8. The molecule has 0 aliphatic heterocycles. The van der Waals surface area contributed by atoms with E-state index in [0.717, 1.165) is 18.0 Å². The Hall–Kier alpha value is -0.570. The van der Waals surface area contributed by atoms with E-state index in [-0.39, 0.29) is 0 Å². The molecule has 0 radical (unpaired) electrons. The summed E-state index contributed by atoms with van der Waals surface area (Å²) in [6, 6.07) is 9.38. The topological polar surface area (TPSA) is 29.3 Å². The van der Waals surface area contributed by atoms with Crippen molar-refractivity contribution in [1.29, 1.82) is 0 Å². The van der Waals surface area contributed by atoms with Gasteiger partial charge in [-0.3, -0.25) is 4.90 Å². The number of nitrogens with zero attached hydrogens (tertiary/aromatic N) is 1. The van der Waals surface area contributed by atoms with Crippen molar-refractivity contribution in [2.24, 2.45) is 5.73 Å². The number of hydrogen-bond acceptors (Lipinski definition) is 2. The molecule has 2 N–H and O–H groups in total. The maximum atomic E-state index is 5.98. The van der Waals surface area contributed by atoms with Crippen molar-refractivity contribution in [2.75, 3.05) is 13.6 Å². The molecule has 1 aliphatic rings. The zero-order valence-electron chi connectivity index (χ0n) is 11.8. The van der Waals surface area contributed by atoms with Crippen LogP contribution in [0.4, 0.5) is 0 Å². The van der Waals surface area contributed by atoms with Gasteiger partial charge in [0.2, 0.25) is 0 Å². The molecule has 0 amide bonds. The molecule has 1 aromatic rings. The molecule has 106 valence electrons. The summed E-state index contributed by atoms with van der Waals surface area (Å²) in [6.45, 7) is 0.727. The van der Waals surface area contributed by atoms with Gasteiger partial charge >= 0.3 is 0 Å². The lowest BCUT2D eigenvalue weighted by atomic mass is 9.91. The second-order valence-corrected chi connectivity index (χ2v) is 6.04. The Bertz CT molecular complexity index is 371. The highest BCUT2D eigenvalue weighted by Crippen LogP contribution is 2.31. The van der Waals surface area contributed by atoms with Crippen LogP contribution in [0.1, 0.15) is 50.1 Å². The third kappa shape index (κ3) is 3.95. The molecule has 2 nitrogen and oxygen atoms in total. The van der Waals surface area contributed by atoms with Crippen LogP contribution in [0.25, 0.3) is 0 Å². The average Bonchev–Trinajstić information content (AvgIpc) is 2.46. The van der Waals surface area contributed by atoms with E-state index in [4.69, 9.17) is 17.3 Å². The highest BCUT2D eigenvalue weighted by Gasteiger charge is 2.25. The van der Waals surface area contributed by atoms with E-state index in [1.54, 1.807) is 0 Å². The quantitative estimate of drug-likeness (QED) is 0.883.